The van der Waals surface area contributed by atoms with Crippen molar-refractivity contribution in [1.82, 2.24) is 19.9 Å². The van der Waals surface area contributed by atoms with Gasteiger partial charge in [0.25, 0.3) is 0 Å². The molecule has 0 amide bonds. The summed E-state index contributed by atoms with van der Waals surface area (Å²) in [5, 5.41) is 7.89. The van der Waals surface area contributed by atoms with Gasteiger partial charge in [0, 0.05) is 24.0 Å². The van der Waals surface area contributed by atoms with Crippen molar-refractivity contribution in [3.05, 3.63) is 43.0 Å². The molecule has 0 aromatic carbocycles. The van der Waals surface area contributed by atoms with E-state index < -0.39 is 0 Å². The van der Waals surface area contributed by atoms with E-state index >= 15 is 0 Å². The zero-order chi connectivity index (χ0) is 12.8. The van der Waals surface area contributed by atoms with Gasteiger partial charge in [0.2, 0.25) is 0 Å². The average molecular weight is 244 g/mol. The standard InChI is InChI=1S/C14H20N4/c1-3-5-6-7-13(16-4-2)12-10-17-18-9-8-15-11-14(12)18/h3,8-11,13,16H,1,4-7H2,2H3. The average Bonchev–Trinajstić information content (AvgIpc) is 2.82. The Hall–Kier alpha value is -1.68. The number of nitrogens with one attached hydrogen (secondary N) is 1. The zero-order valence-corrected chi connectivity index (χ0v) is 10.8. The van der Waals surface area contributed by atoms with Crippen LogP contribution in [0.3, 0.4) is 0 Å². The molecule has 2 rings (SSSR count). The van der Waals surface area contributed by atoms with Crippen molar-refractivity contribution in [3.8, 4) is 0 Å². The van der Waals surface area contributed by atoms with Crippen LogP contribution >= 0.6 is 0 Å². The van der Waals surface area contributed by atoms with Gasteiger partial charge >= 0.3 is 0 Å². The quantitative estimate of drug-likeness (QED) is 0.601. The number of unbranched alkanes of at least 4 members (excludes halogenated alkanes) is 1. The zero-order valence-electron chi connectivity index (χ0n) is 10.8. The summed E-state index contributed by atoms with van der Waals surface area (Å²) in [5.74, 6) is 0. The molecule has 18 heavy (non-hydrogen) atoms. The van der Waals surface area contributed by atoms with Gasteiger partial charge in [-0.1, -0.05) is 13.0 Å². The van der Waals surface area contributed by atoms with Crippen molar-refractivity contribution in [2.24, 2.45) is 0 Å². The van der Waals surface area contributed by atoms with Crippen LogP contribution in [-0.2, 0) is 0 Å². The first-order valence-corrected chi connectivity index (χ1v) is 6.48. The molecule has 4 nitrogen and oxygen atoms in total. The van der Waals surface area contributed by atoms with Gasteiger partial charge in [0.1, 0.15) is 0 Å². The van der Waals surface area contributed by atoms with Crippen molar-refractivity contribution < 1.29 is 0 Å². The fraction of sp³-hybridized carbons (Fsp3) is 0.429. The van der Waals surface area contributed by atoms with E-state index in [0.29, 0.717) is 6.04 Å². The summed E-state index contributed by atoms with van der Waals surface area (Å²) in [4.78, 5) is 4.18. The molecule has 2 aromatic heterocycles. The van der Waals surface area contributed by atoms with Crippen molar-refractivity contribution in [2.75, 3.05) is 6.54 Å². The first-order chi connectivity index (χ1) is 8.86. The molecule has 0 aliphatic carbocycles. The predicted octanol–water partition coefficient (Wildman–Crippen LogP) is 2.74. The Morgan fingerprint density at radius 3 is 3.17 bits per heavy atom. The van der Waals surface area contributed by atoms with E-state index in [-0.39, 0.29) is 0 Å². The maximum atomic E-state index is 4.37. The number of rotatable bonds is 7. The summed E-state index contributed by atoms with van der Waals surface area (Å²) in [6, 6.07) is 0.344. The number of hydrogen-bond donors (Lipinski definition) is 1. The van der Waals surface area contributed by atoms with Crippen LogP contribution < -0.4 is 5.32 Å². The fourth-order valence-corrected chi connectivity index (χ4v) is 2.20. The third-order valence-corrected chi connectivity index (χ3v) is 3.08. The van der Waals surface area contributed by atoms with Gasteiger partial charge < -0.3 is 5.32 Å². The second kappa shape index (κ2) is 6.31. The molecule has 2 aromatic rings. The Bertz CT molecular complexity index is 503. The second-order valence-corrected chi connectivity index (χ2v) is 4.34. The molecule has 0 aliphatic rings. The van der Waals surface area contributed by atoms with Gasteiger partial charge in [-0.2, -0.15) is 5.10 Å². The Labute approximate surface area is 108 Å². The maximum absolute atomic E-state index is 4.37. The van der Waals surface area contributed by atoms with Crippen molar-refractivity contribution >= 4 is 5.52 Å². The normalized spacial score (nSPS) is 12.7. The molecule has 0 radical (unpaired) electrons. The smallest absolute Gasteiger partial charge is 0.0892 e. The van der Waals surface area contributed by atoms with Crippen molar-refractivity contribution in [3.63, 3.8) is 0 Å². The molecule has 0 saturated heterocycles. The molecule has 0 aliphatic heterocycles. The summed E-state index contributed by atoms with van der Waals surface area (Å²) in [5.41, 5.74) is 2.32. The number of nitrogens with zero attached hydrogens (tertiary/aromatic N) is 3. The number of allylic oxidation sites excluding steroid dienone is 1. The lowest BCUT2D eigenvalue weighted by molar-refractivity contribution is 0.503. The third-order valence-electron chi connectivity index (χ3n) is 3.08. The Morgan fingerprint density at radius 2 is 2.39 bits per heavy atom. The van der Waals surface area contributed by atoms with E-state index in [0.717, 1.165) is 31.3 Å². The van der Waals surface area contributed by atoms with Gasteiger partial charge in [-0.25, -0.2) is 4.52 Å². The summed E-state index contributed by atoms with van der Waals surface area (Å²) < 4.78 is 1.88. The van der Waals surface area contributed by atoms with Crippen LogP contribution in [-0.4, -0.2) is 21.1 Å². The molecular formula is C14H20N4. The van der Waals surface area contributed by atoms with E-state index in [9.17, 15) is 0 Å². The molecule has 1 atom stereocenters. The van der Waals surface area contributed by atoms with Crippen molar-refractivity contribution in [2.45, 2.75) is 32.2 Å². The first-order valence-electron chi connectivity index (χ1n) is 6.48. The summed E-state index contributed by atoms with van der Waals surface area (Å²) in [7, 11) is 0. The van der Waals surface area contributed by atoms with Gasteiger partial charge in [0.05, 0.1) is 17.9 Å². The molecule has 2 heterocycles. The van der Waals surface area contributed by atoms with Gasteiger partial charge in [-0.3, -0.25) is 4.98 Å². The van der Waals surface area contributed by atoms with E-state index in [1.807, 2.05) is 29.2 Å². The predicted molar refractivity (Wildman–Crippen MR) is 73.5 cm³/mol. The topological polar surface area (TPSA) is 42.2 Å². The van der Waals surface area contributed by atoms with Gasteiger partial charge in [0.15, 0.2) is 0 Å². The van der Waals surface area contributed by atoms with Crippen LogP contribution in [0.15, 0.2) is 37.4 Å². The molecule has 0 bridgehead atoms. The fourth-order valence-electron chi connectivity index (χ4n) is 2.20. The Morgan fingerprint density at radius 1 is 1.50 bits per heavy atom. The highest BCUT2D eigenvalue weighted by atomic mass is 15.2. The molecular weight excluding hydrogens is 224 g/mol. The summed E-state index contributed by atoms with van der Waals surface area (Å²) in [6.45, 7) is 6.85. The lowest BCUT2D eigenvalue weighted by Crippen LogP contribution is -2.20. The van der Waals surface area contributed by atoms with Crippen LogP contribution in [0.2, 0.25) is 0 Å². The van der Waals surface area contributed by atoms with Crippen LogP contribution in [0.1, 0.15) is 37.8 Å². The number of hydrogen-bond acceptors (Lipinski definition) is 3. The Kier molecular flexibility index (Phi) is 4.47. The highest BCUT2D eigenvalue weighted by Crippen LogP contribution is 2.23. The van der Waals surface area contributed by atoms with Gasteiger partial charge in [-0.15, -0.1) is 6.58 Å². The minimum absolute atomic E-state index is 0.344. The lowest BCUT2D eigenvalue weighted by Gasteiger charge is -2.16. The molecule has 1 N–H and O–H groups in total. The van der Waals surface area contributed by atoms with E-state index in [2.05, 4.69) is 28.9 Å². The van der Waals surface area contributed by atoms with Crippen LogP contribution in [0, 0.1) is 0 Å². The molecule has 0 fully saturated rings. The highest BCUT2D eigenvalue weighted by molar-refractivity contribution is 5.53. The van der Waals surface area contributed by atoms with Crippen LogP contribution in [0.25, 0.3) is 5.52 Å². The molecule has 96 valence electrons. The summed E-state index contributed by atoms with van der Waals surface area (Å²) in [6.07, 6.45) is 12.7. The number of fused-ring (bicyclic) bond motifs is 1. The minimum atomic E-state index is 0.344. The molecule has 0 spiro atoms. The second-order valence-electron chi connectivity index (χ2n) is 4.34. The molecule has 0 saturated carbocycles. The third kappa shape index (κ3) is 2.76. The number of aromatic nitrogens is 3. The highest BCUT2D eigenvalue weighted by Gasteiger charge is 2.14. The molecule has 1 unspecified atom stereocenters. The van der Waals surface area contributed by atoms with E-state index in [1.165, 1.54) is 5.56 Å². The largest absolute Gasteiger partial charge is 0.310 e. The molecule has 4 heteroatoms. The van der Waals surface area contributed by atoms with E-state index in [4.69, 9.17) is 0 Å². The summed E-state index contributed by atoms with van der Waals surface area (Å²) >= 11 is 0. The van der Waals surface area contributed by atoms with E-state index in [1.54, 1.807) is 6.20 Å². The lowest BCUT2D eigenvalue weighted by atomic mass is 10.0. The maximum Gasteiger partial charge on any atom is 0.0892 e. The van der Waals surface area contributed by atoms with Crippen LogP contribution in [0.5, 0.6) is 0 Å². The monoisotopic (exact) mass is 244 g/mol. The minimum Gasteiger partial charge on any atom is -0.310 e. The van der Waals surface area contributed by atoms with Crippen LogP contribution in [0.4, 0.5) is 0 Å². The SMILES string of the molecule is C=CCCCC(NCC)c1cnn2ccncc12. The van der Waals surface area contributed by atoms with Gasteiger partial charge in [-0.05, 0) is 25.8 Å². The first kappa shape index (κ1) is 12.8. The van der Waals surface area contributed by atoms with Crippen molar-refractivity contribution in [1.29, 1.82) is 0 Å². The Balaban J connectivity index is 2.21.